The van der Waals surface area contributed by atoms with Gasteiger partial charge in [-0.25, -0.2) is 4.79 Å². The molecule has 1 amide bonds. The first-order valence-corrected chi connectivity index (χ1v) is 9.81. The van der Waals surface area contributed by atoms with Gasteiger partial charge >= 0.3 is 5.97 Å². The molecule has 0 spiro atoms. The van der Waals surface area contributed by atoms with Gasteiger partial charge in [0.15, 0.2) is 0 Å². The molecule has 30 heavy (non-hydrogen) atoms. The number of nitrogens with one attached hydrogen (secondary N) is 1. The van der Waals surface area contributed by atoms with E-state index in [-0.39, 0.29) is 11.1 Å². The number of anilines is 1. The van der Waals surface area contributed by atoms with Gasteiger partial charge in [0.25, 0.3) is 5.91 Å². The maximum Gasteiger partial charge on any atom is 0.337 e. The molecule has 0 unspecified atom stereocenters. The molecule has 0 fully saturated rings. The van der Waals surface area contributed by atoms with Crippen LogP contribution < -0.4 is 5.32 Å². The van der Waals surface area contributed by atoms with Crippen LogP contribution in [0.5, 0.6) is 0 Å². The number of halogens is 1. The highest BCUT2D eigenvalue weighted by atomic mass is 79.9. The van der Waals surface area contributed by atoms with Gasteiger partial charge in [-0.15, -0.1) is 0 Å². The lowest BCUT2D eigenvalue weighted by Crippen LogP contribution is -2.13. The van der Waals surface area contributed by atoms with Crippen molar-refractivity contribution in [3.8, 4) is 11.8 Å². The molecule has 7 heteroatoms. The number of benzene rings is 2. The highest BCUT2D eigenvalue weighted by molar-refractivity contribution is 9.10. The third-order valence-electron chi connectivity index (χ3n) is 4.59. The average molecular weight is 464 g/mol. The van der Waals surface area contributed by atoms with Crippen LogP contribution in [0.2, 0.25) is 0 Å². The molecule has 6 nitrogen and oxygen atoms in total. The molecule has 1 aromatic heterocycles. The molecule has 0 aliphatic heterocycles. The number of carboxylic acids is 1. The van der Waals surface area contributed by atoms with Gasteiger partial charge in [0.05, 0.1) is 11.3 Å². The average Bonchev–Trinajstić information content (AvgIpc) is 2.98. The monoisotopic (exact) mass is 463 g/mol. The highest BCUT2D eigenvalue weighted by Crippen LogP contribution is 2.25. The summed E-state index contributed by atoms with van der Waals surface area (Å²) < 4.78 is 2.61. The first-order valence-electron chi connectivity index (χ1n) is 9.02. The van der Waals surface area contributed by atoms with Crippen LogP contribution in [0.25, 0.3) is 11.8 Å². The van der Waals surface area contributed by atoms with Crippen LogP contribution in [-0.2, 0) is 4.79 Å². The number of nitrogens with zero attached hydrogens (tertiary/aromatic N) is 2. The number of para-hydroxylation sites is 1. The van der Waals surface area contributed by atoms with Gasteiger partial charge in [0.1, 0.15) is 11.6 Å². The highest BCUT2D eigenvalue weighted by Gasteiger charge is 2.17. The van der Waals surface area contributed by atoms with E-state index in [9.17, 15) is 20.0 Å². The first-order chi connectivity index (χ1) is 14.3. The summed E-state index contributed by atoms with van der Waals surface area (Å²) in [4.78, 5) is 24.2. The van der Waals surface area contributed by atoms with E-state index in [1.165, 1.54) is 12.1 Å². The van der Waals surface area contributed by atoms with Crippen molar-refractivity contribution in [2.45, 2.75) is 13.8 Å². The predicted molar refractivity (Wildman–Crippen MR) is 119 cm³/mol. The zero-order chi connectivity index (χ0) is 21.8. The normalized spacial score (nSPS) is 11.1. The lowest BCUT2D eigenvalue weighted by atomic mass is 10.1. The fourth-order valence-electron chi connectivity index (χ4n) is 3.22. The summed E-state index contributed by atoms with van der Waals surface area (Å²) in [6, 6.07) is 17.5. The molecule has 3 rings (SSSR count). The van der Waals surface area contributed by atoms with Crippen molar-refractivity contribution in [2.75, 3.05) is 5.32 Å². The number of hydrogen-bond acceptors (Lipinski definition) is 3. The van der Waals surface area contributed by atoms with Crippen LogP contribution >= 0.6 is 15.9 Å². The standard InChI is InChI=1S/C23H18BrN3O3/c1-14-10-16(15(2)27(14)21-9-4-3-8-20(21)23(29)30)11-17(13-25)22(28)26-19-7-5-6-18(24)12-19/h3-12H,1-2H3,(H,26,28)(H,29,30)/b17-11-. The van der Waals surface area contributed by atoms with Crippen molar-refractivity contribution in [1.82, 2.24) is 4.57 Å². The SMILES string of the molecule is Cc1cc(/C=C(/C#N)C(=O)Nc2cccc(Br)c2)c(C)n1-c1ccccc1C(=O)O. The molecule has 0 saturated carbocycles. The van der Waals surface area contributed by atoms with Gasteiger partial charge in [-0.3, -0.25) is 4.79 Å². The van der Waals surface area contributed by atoms with Gasteiger partial charge in [-0.2, -0.15) is 5.26 Å². The molecular formula is C23H18BrN3O3. The topological polar surface area (TPSA) is 95.1 Å². The largest absolute Gasteiger partial charge is 0.478 e. The molecule has 150 valence electrons. The van der Waals surface area contributed by atoms with E-state index in [1.54, 1.807) is 41.0 Å². The Morgan fingerprint density at radius 1 is 1.13 bits per heavy atom. The Bertz CT molecular complexity index is 1220. The van der Waals surface area contributed by atoms with Crippen LogP contribution in [0, 0.1) is 25.2 Å². The number of rotatable bonds is 5. The van der Waals surface area contributed by atoms with Gasteiger partial charge < -0.3 is 15.0 Å². The van der Waals surface area contributed by atoms with Crippen LogP contribution in [0.3, 0.4) is 0 Å². The van der Waals surface area contributed by atoms with Gasteiger partial charge in [0, 0.05) is 21.5 Å². The Balaban J connectivity index is 1.99. The minimum Gasteiger partial charge on any atom is -0.478 e. The Hall–Kier alpha value is -3.63. The molecule has 0 bridgehead atoms. The summed E-state index contributed by atoms with van der Waals surface area (Å²) >= 11 is 3.34. The van der Waals surface area contributed by atoms with Gasteiger partial charge in [-0.1, -0.05) is 34.1 Å². The molecule has 0 radical (unpaired) electrons. The smallest absolute Gasteiger partial charge is 0.337 e. The van der Waals surface area contributed by atoms with Crippen molar-refractivity contribution in [1.29, 1.82) is 5.26 Å². The molecule has 3 aromatic rings. The molecule has 0 aliphatic rings. The fourth-order valence-corrected chi connectivity index (χ4v) is 3.62. The second-order valence-corrected chi connectivity index (χ2v) is 7.53. The number of carbonyl (C=O) groups is 2. The Kier molecular flexibility index (Phi) is 6.19. The van der Waals surface area contributed by atoms with E-state index in [1.807, 2.05) is 32.0 Å². The zero-order valence-electron chi connectivity index (χ0n) is 16.3. The van der Waals surface area contributed by atoms with E-state index in [2.05, 4.69) is 21.2 Å². The maximum absolute atomic E-state index is 12.6. The van der Waals surface area contributed by atoms with E-state index in [0.29, 0.717) is 16.9 Å². The number of aromatic carboxylic acids is 1. The lowest BCUT2D eigenvalue weighted by Gasteiger charge is -2.12. The third kappa shape index (κ3) is 4.34. The number of hydrogen-bond donors (Lipinski definition) is 2. The molecular weight excluding hydrogens is 446 g/mol. The van der Waals surface area contributed by atoms with E-state index in [0.717, 1.165) is 15.9 Å². The number of carbonyl (C=O) groups excluding carboxylic acids is 1. The molecule has 2 aromatic carbocycles. The molecule has 2 N–H and O–H groups in total. The molecule has 0 saturated heterocycles. The second-order valence-electron chi connectivity index (χ2n) is 6.62. The first kappa shape index (κ1) is 21.1. The second kappa shape index (κ2) is 8.80. The Labute approximate surface area is 182 Å². The number of carboxylic acid groups (broad SMARTS) is 1. The van der Waals surface area contributed by atoms with E-state index in [4.69, 9.17) is 0 Å². The number of amides is 1. The van der Waals surface area contributed by atoms with Crippen LogP contribution in [0.4, 0.5) is 5.69 Å². The van der Waals surface area contributed by atoms with Gasteiger partial charge in [0.2, 0.25) is 0 Å². The van der Waals surface area contributed by atoms with Crippen molar-refractivity contribution >= 4 is 39.6 Å². The van der Waals surface area contributed by atoms with Crippen molar-refractivity contribution in [2.24, 2.45) is 0 Å². The van der Waals surface area contributed by atoms with Crippen LogP contribution in [-0.4, -0.2) is 21.6 Å². The molecule has 0 atom stereocenters. The Morgan fingerprint density at radius 2 is 1.87 bits per heavy atom. The maximum atomic E-state index is 12.6. The summed E-state index contributed by atoms with van der Waals surface area (Å²) in [5.74, 6) is -1.55. The van der Waals surface area contributed by atoms with Crippen molar-refractivity contribution < 1.29 is 14.7 Å². The zero-order valence-corrected chi connectivity index (χ0v) is 17.9. The molecule has 0 aliphatic carbocycles. The summed E-state index contributed by atoms with van der Waals surface area (Å²) in [6.07, 6.45) is 1.51. The number of nitriles is 1. The number of aromatic nitrogens is 1. The Morgan fingerprint density at radius 3 is 2.53 bits per heavy atom. The third-order valence-corrected chi connectivity index (χ3v) is 5.09. The fraction of sp³-hybridized carbons (Fsp3) is 0.0870. The summed E-state index contributed by atoms with van der Waals surface area (Å²) in [6.45, 7) is 3.66. The van der Waals surface area contributed by atoms with Gasteiger partial charge in [-0.05, 0) is 61.9 Å². The van der Waals surface area contributed by atoms with Crippen molar-refractivity contribution in [3.63, 3.8) is 0 Å². The lowest BCUT2D eigenvalue weighted by molar-refractivity contribution is -0.112. The molecule has 1 heterocycles. The van der Waals surface area contributed by atoms with E-state index >= 15 is 0 Å². The minimum atomic E-state index is -1.03. The minimum absolute atomic E-state index is 0.0539. The van der Waals surface area contributed by atoms with Crippen molar-refractivity contribution in [3.05, 3.63) is 87.2 Å². The van der Waals surface area contributed by atoms with Crippen LogP contribution in [0.1, 0.15) is 27.3 Å². The summed E-state index contributed by atoms with van der Waals surface area (Å²) in [7, 11) is 0. The number of aryl methyl sites for hydroxylation is 1. The summed E-state index contributed by atoms with van der Waals surface area (Å²) in [5, 5.41) is 21.7. The quantitative estimate of drug-likeness (QED) is 0.406. The predicted octanol–water partition coefficient (Wildman–Crippen LogP) is 5.10. The van der Waals surface area contributed by atoms with E-state index < -0.39 is 11.9 Å². The summed E-state index contributed by atoms with van der Waals surface area (Å²) in [5.41, 5.74) is 3.38. The van der Waals surface area contributed by atoms with Crippen LogP contribution in [0.15, 0.2) is 64.6 Å².